The van der Waals surface area contributed by atoms with Crippen molar-refractivity contribution in [2.75, 3.05) is 12.3 Å². The normalized spacial score (nSPS) is 10.6. The Morgan fingerprint density at radius 2 is 2.12 bits per heavy atom. The largest absolute Gasteiger partial charge is 0.398 e. The summed E-state index contributed by atoms with van der Waals surface area (Å²) in [7, 11) is 0. The molecule has 0 radical (unpaired) electrons. The molecule has 0 saturated carbocycles. The van der Waals surface area contributed by atoms with Crippen LogP contribution in [0.15, 0.2) is 29.6 Å². The minimum absolute atomic E-state index is 0.138. The zero-order valence-corrected chi connectivity index (χ0v) is 10.1. The lowest BCUT2D eigenvalue weighted by molar-refractivity contribution is 0.299. The van der Waals surface area contributed by atoms with Gasteiger partial charge < -0.3 is 10.8 Å². The molecule has 3 N–H and O–H groups in total. The van der Waals surface area contributed by atoms with Crippen molar-refractivity contribution in [1.82, 2.24) is 0 Å². The van der Waals surface area contributed by atoms with E-state index in [-0.39, 0.29) is 6.61 Å². The number of hydrogen-bond acceptors (Lipinski definition) is 3. The minimum Gasteiger partial charge on any atom is -0.398 e. The van der Waals surface area contributed by atoms with Crippen molar-refractivity contribution in [2.24, 2.45) is 0 Å². The summed E-state index contributed by atoms with van der Waals surface area (Å²) < 4.78 is 0. The van der Waals surface area contributed by atoms with Crippen molar-refractivity contribution in [3.8, 4) is 10.4 Å². The first-order valence-electron chi connectivity index (χ1n) is 5.26. The van der Waals surface area contributed by atoms with Crippen LogP contribution in [-0.4, -0.2) is 11.7 Å². The maximum absolute atomic E-state index is 9.04. The molecule has 1 heterocycles. The van der Waals surface area contributed by atoms with E-state index in [0.29, 0.717) is 6.42 Å². The summed E-state index contributed by atoms with van der Waals surface area (Å²) in [5, 5.41) is 11.1. The summed E-state index contributed by atoms with van der Waals surface area (Å²) in [6, 6.07) is 8.20. The van der Waals surface area contributed by atoms with Gasteiger partial charge in [0, 0.05) is 22.7 Å². The van der Waals surface area contributed by atoms with E-state index in [0.717, 1.165) is 22.4 Å². The van der Waals surface area contributed by atoms with Crippen molar-refractivity contribution in [3.05, 3.63) is 40.8 Å². The third-order valence-corrected chi connectivity index (χ3v) is 3.64. The molecule has 0 aliphatic rings. The van der Waals surface area contributed by atoms with Gasteiger partial charge in [-0.1, -0.05) is 18.2 Å². The van der Waals surface area contributed by atoms with E-state index in [1.165, 1.54) is 4.88 Å². The van der Waals surface area contributed by atoms with Crippen molar-refractivity contribution >= 4 is 17.0 Å². The van der Waals surface area contributed by atoms with Gasteiger partial charge in [-0.05, 0) is 35.9 Å². The lowest BCUT2D eigenvalue weighted by Crippen LogP contribution is -2.02. The van der Waals surface area contributed by atoms with Crippen molar-refractivity contribution in [1.29, 1.82) is 0 Å². The fraction of sp³-hybridized carbons (Fsp3) is 0.231. The van der Waals surface area contributed by atoms with Crippen LogP contribution in [-0.2, 0) is 6.42 Å². The Kier molecular flexibility index (Phi) is 3.27. The molecule has 16 heavy (non-hydrogen) atoms. The van der Waals surface area contributed by atoms with Gasteiger partial charge in [-0.3, -0.25) is 0 Å². The molecule has 1 aromatic carbocycles. The zero-order valence-electron chi connectivity index (χ0n) is 9.23. The number of aliphatic hydroxyl groups excluding tert-OH is 1. The minimum atomic E-state index is 0.138. The monoisotopic (exact) mass is 233 g/mol. The van der Waals surface area contributed by atoms with Crippen LogP contribution in [0.5, 0.6) is 0 Å². The van der Waals surface area contributed by atoms with Crippen LogP contribution in [0.25, 0.3) is 10.4 Å². The molecule has 0 spiro atoms. The van der Waals surface area contributed by atoms with Crippen LogP contribution >= 0.6 is 11.3 Å². The number of nitrogens with two attached hydrogens (primary N) is 1. The second kappa shape index (κ2) is 4.68. The molecule has 2 aromatic rings. The summed E-state index contributed by atoms with van der Waals surface area (Å²) in [6.45, 7) is 2.17. The Morgan fingerprint density at radius 1 is 1.31 bits per heavy atom. The molecule has 0 saturated heterocycles. The molecule has 2 nitrogen and oxygen atoms in total. The van der Waals surface area contributed by atoms with Crippen molar-refractivity contribution in [3.63, 3.8) is 0 Å². The van der Waals surface area contributed by atoms with Crippen LogP contribution in [0.4, 0.5) is 5.69 Å². The third kappa shape index (κ3) is 1.96. The third-order valence-electron chi connectivity index (χ3n) is 2.74. The van der Waals surface area contributed by atoms with E-state index >= 15 is 0 Å². The number of hydrogen-bond donors (Lipinski definition) is 2. The van der Waals surface area contributed by atoms with Crippen LogP contribution in [0.3, 0.4) is 0 Å². The van der Waals surface area contributed by atoms with E-state index in [1.807, 2.05) is 18.4 Å². The molecular weight excluding hydrogens is 218 g/mol. The van der Waals surface area contributed by atoms with Gasteiger partial charge in [-0.25, -0.2) is 0 Å². The highest BCUT2D eigenvalue weighted by atomic mass is 32.1. The summed E-state index contributed by atoms with van der Waals surface area (Å²) in [4.78, 5) is 1.18. The SMILES string of the molecule is Cc1ccc(-c2cccs2)c(N)c1CCO. The number of rotatable bonds is 3. The van der Waals surface area contributed by atoms with Crippen LogP contribution in [0, 0.1) is 6.92 Å². The predicted octanol–water partition coefficient (Wildman–Crippen LogP) is 2.84. The Labute approximate surface area is 99.4 Å². The molecule has 0 amide bonds. The standard InChI is InChI=1S/C13H15NOS/c1-9-4-5-11(12-3-2-8-16-12)13(14)10(9)6-7-15/h2-5,8,15H,6-7,14H2,1H3. The second-order valence-electron chi connectivity index (χ2n) is 3.77. The fourth-order valence-electron chi connectivity index (χ4n) is 1.86. The molecule has 2 rings (SSSR count). The molecule has 0 fully saturated rings. The summed E-state index contributed by atoms with van der Waals surface area (Å²) in [6.07, 6.45) is 0.622. The molecule has 0 aliphatic heterocycles. The molecule has 0 unspecified atom stereocenters. The van der Waals surface area contributed by atoms with Gasteiger partial charge in [-0.2, -0.15) is 0 Å². The average molecular weight is 233 g/mol. The molecule has 0 atom stereocenters. The molecule has 0 aliphatic carbocycles. The second-order valence-corrected chi connectivity index (χ2v) is 4.72. The number of thiophene rings is 1. The zero-order chi connectivity index (χ0) is 11.5. The fourth-order valence-corrected chi connectivity index (χ4v) is 2.63. The first-order chi connectivity index (χ1) is 7.74. The Bertz CT molecular complexity index is 477. The van der Waals surface area contributed by atoms with Gasteiger partial charge >= 0.3 is 0 Å². The van der Waals surface area contributed by atoms with Gasteiger partial charge in [0.2, 0.25) is 0 Å². The smallest absolute Gasteiger partial charge is 0.0472 e. The molecule has 84 valence electrons. The topological polar surface area (TPSA) is 46.2 Å². The number of aryl methyl sites for hydroxylation is 1. The Balaban J connectivity index is 2.52. The molecule has 1 aromatic heterocycles. The highest BCUT2D eigenvalue weighted by molar-refractivity contribution is 7.13. The quantitative estimate of drug-likeness (QED) is 0.801. The number of nitrogen functional groups attached to an aromatic ring is 1. The Hall–Kier alpha value is -1.32. The van der Waals surface area contributed by atoms with E-state index in [2.05, 4.69) is 18.2 Å². The lowest BCUT2D eigenvalue weighted by Gasteiger charge is -2.12. The van der Waals surface area contributed by atoms with Gasteiger partial charge in [0.1, 0.15) is 0 Å². The van der Waals surface area contributed by atoms with Gasteiger partial charge in [0.05, 0.1) is 0 Å². The predicted molar refractivity (Wildman–Crippen MR) is 69.7 cm³/mol. The molecular formula is C13H15NOS. The number of aliphatic hydroxyl groups is 1. The maximum atomic E-state index is 9.04. The van der Waals surface area contributed by atoms with Crippen molar-refractivity contribution in [2.45, 2.75) is 13.3 Å². The first-order valence-corrected chi connectivity index (χ1v) is 6.14. The number of anilines is 1. The van der Waals surface area contributed by atoms with E-state index in [1.54, 1.807) is 11.3 Å². The molecule has 3 heteroatoms. The van der Waals surface area contributed by atoms with Crippen LogP contribution < -0.4 is 5.73 Å². The van der Waals surface area contributed by atoms with E-state index < -0.39 is 0 Å². The highest BCUT2D eigenvalue weighted by Crippen LogP contribution is 2.33. The van der Waals surface area contributed by atoms with E-state index in [9.17, 15) is 0 Å². The van der Waals surface area contributed by atoms with Crippen molar-refractivity contribution < 1.29 is 5.11 Å². The Morgan fingerprint density at radius 3 is 2.75 bits per heavy atom. The van der Waals surface area contributed by atoms with Crippen LogP contribution in [0.2, 0.25) is 0 Å². The van der Waals surface area contributed by atoms with Gasteiger partial charge in [0.15, 0.2) is 0 Å². The highest BCUT2D eigenvalue weighted by Gasteiger charge is 2.10. The molecule has 0 bridgehead atoms. The first kappa shape index (κ1) is 11.2. The summed E-state index contributed by atoms with van der Waals surface area (Å²) in [5.74, 6) is 0. The average Bonchev–Trinajstić information content (AvgIpc) is 2.77. The lowest BCUT2D eigenvalue weighted by atomic mass is 9.99. The summed E-state index contributed by atoms with van der Waals surface area (Å²) in [5.41, 5.74) is 10.2. The van der Waals surface area contributed by atoms with E-state index in [4.69, 9.17) is 10.8 Å². The maximum Gasteiger partial charge on any atom is 0.0472 e. The number of benzene rings is 1. The summed E-state index contributed by atoms with van der Waals surface area (Å²) >= 11 is 1.68. The van der Waals surface area contributed by atoms with Gasteiger partial charge in [0.25, 0.3) is 0 Å². The van der Waals surface area contributed by atoms with Gasteiger partial charge in [-0.15, -0.1) is 11.3 Å². The van der Waals surface area contributed by atoms with Crippen LogP contribution in [0.1, 0.15) is 11.1 Å².